The van der Waals surface area contributed by atoms with Crippen molar-refractivity contribution in [2.24, 2.45) is 0 Å². The second-order valence-corrected chi connectivity index (χ2v) is 6.19. The molecule has 1 aromatic heterocycles. The Morgan fingerprint density at radius 2 is 1.77 bits per heavy atom. The molecule has 0 saturated carbocycles. The van der Waals surface area contributed by atoms with E-state index < -0.39 is 12.1 Å². The second-order valence-electron chi connectivity index (χ2n) is 6.19. The molecule has 5 nitrogen and oxygen atoms in total. The average molecular weight is 351 g/mol. The van der Waals surface area contributed by atoms with Crippen LogP contribution in [0, 0.1) is 6.92 Å². The van der Waals surface area contributed by atoms with E-state index in [4.69, 9.17) is 9.47 Å². The van der Waals surface area contributed by atoms with E-state index in [0.29, 0.717) is 5.56 Å². The van der Waals surface area contributed by atoms with E-state index in [0.717, 1.165) is 27.9 Å². The first-order chi connectivity index (χ1) is 12.5. The number of hydrogen-bond acceptors (Lipinski definition) is 4. The zero-order valence-electron chi connectivity index (χ0n) is 15.0. The van der Waals surface area contributed by atoms with E-state index in [9.17, 15) is 9.59 Å². The van der Waals surface area contributed by atoms with Gasteiger partial charge >= 0.3 is 5.97 Å². The van der Waals surface area contributed by atoms with Crippen molar-refractivity contribution in [3.05, 3.63) is 65.4 Å². The summed E-state index contributed by atoms with van der Waals surface area (Å²) < 4.78 is 10.5. The molecular formula is C21H21NO4. The van der Waals surface area contributed by atoms with Gasteiger partial charge in [-0.2, -0.15) is 0 Å². The number of methoxy groups -OCH3 is 1. The maximum atomic E-state index is 12.8. The Hall–Kier alpha value is -3.08. The van der Waals surface area contributed by atoms with E-state index in [1.165, 1.54) is 0 Å². The highest BCUT2D eigenvalue weighted by atomic mass is 16.5. The summed E-state index contributed by atoms with van der Waals surface area (Å²) in [6.45, 7) is 3.45. The van der Waals surface area contributed by atoms with Gasteiger partial charge in [0.25, 0.3) is 0 Å². The van der Waals surface area contributed by atoms with Gasteiger partial charge in [0.1, 0.15) is 5.75 Å². The number of rotatable bonds is 6. The minimum atomic E-state index is -0.848. The van der Waals surface area contributed by atoms with E-state index in [-0.39, 0.29) is 12.2 Å². The molecule has 1 atom stereocenters. The van der Waals surface area contributed by atoms with E-state index in [2.05, 4.69) is 4.98 Å². The molecule has 26 heavy (non-hydrogen) atoms. The monoisotopic (exact) mass is 351 g/mol. The number of benzene rings is 2. The molecule has 0 aliphatic rings. The lowest BCUT2D eigenvalue weighted by molar-refractivity contribution is -0.145. The summed E-state index contributed by atoms with van der Waals surface area (Å²) >= 11 is 0. The molecular weight excluding hydrogens is 330 g/mol. The average Bonchev–Trinajstić information content (AvgIpc) is 2.97. The molecule has 134 valence electrons. The molecule has 0 spiro atoms. The number of nitrogens with one attached hydrogen (secondary N) is 1. The largest absolute Gasteiger partial charge is 0.497 e. The molecule has 0 aliphatic heterocycles. The molecule has 0 aliphatic carbocycles. The fourth-order valence-electron chi connectivity index (χ4n) is 3.00. The van der Waals surface area contributed by atoms with Gasteiger partial charge in [-0.3, -0.25) is 9.59 Å². The third-order valence-electron chi connectivity index (χ3n) is 4.32. The molecule has 3 aromatic rings. The normalized spacial score (nSPS) is 12.0. The Bertz CT molecular complexity index is 940. The van der Waals surface area contributed by atoms with Crippen LogP contribution in [0.3, 0.4) is 0 Å². The summed E-state index contributed by atoms with van der Waals surface area (Å²) in [5.41, 5.74) is 3.04. The quantitative estimate of drug-likeness (QED) is 0.541. The first-order valence-electron chi connectivity index (χ1n) is 8.43. The van der Waals surface area contributed by atoms with Crippen LogP contribution in [-0.4, -0.2) is 30.0 Å². The Balaban J connectivity index is 1.70. The van der Waals surface area contributed by atoms with Crippen molar-refractivity contribution in [1.82, 2.24) is 4.98 Å². The minimum Gasteiger partial charge on any atom is -0.497 e. The number of para-hydroxylation sites is 1. The SMILES string of the molecule is COc1ccc(CC(=O)O[C@@H](C)C(=O)c2c(C)[nH]c3ccccc23)cc1. The molecule has 1 N–H and O–H groups in total. The highest BCUT2D eigenvalue weighted by Crippen LogP contribution is 2.24. The van der Waals surface area contributed by atoms with Crippen LogP contribution < -0.4 is 4.74 Å². The van der Waals surface area contributed by atoms with Gasteiger partial charge in [-0.05, 0) is 37.6 Å². The summed E-state index contributed by atoms with van der Waals surface area (Å²) in [6, 6.07) is 14.8. The Labute approximate surface area is 151 Å². The van der Waals surface area contributed by atoms with Gasteiger partial charge in [-0.25, -0.2) is 0 Å². The zero-order valence-corrected chi connectivity index (χ0v) is 15.0. The lowest BCUT2D eigenvalue weighted by Gasteiger charge is -2.13. The number of esters is 1. The molecule has 2 aromatic carbocycles. The summed E-state index contributed by atoms with van der Waals surface area (Å²) in [5.74, 6) is 0.0806. The number of carbonyl (C=O) groups excluding carboxylic acids is 2. The van der Waals surface area contributed by atoms with Crippen LogP contribution in [0.25, 0.3) is 10.9 Å². The number of aromatic amines is 1. The molecule has 0 radical (unpaired) electrons. The third-order valence-corrected chi connectivity index (χ3v) is 4.32. The fraction of sp³-hybridized carbons (Fsp3) is 0.238. The Morgan fingerprint density at radius 3 is 2.46 bits per heavy atom. The van der Waals surface area contributed by atoms with Crippen molar-refractivity contribution in [2.75, 3.05) is 7.11 Å². The molecule has 0 fully saturated rings. The standard InChI is InChI=1S/C21H21NO4/c1-13-20(17-6-4-5-7-18(17)22-13)21(24)14(2)26-19(23)12-15-8-10-16(25-3)11-9-15/h4-11,14,22H,12H2,1-3H3/t14-/m0/s1. The molecule has 5 heteroatoms. The summed E-state index contributed by atoms with van der Waals surface area (Å²) in [7, 11) is 1.59. The fourth-order valence-corrected chi connectivity index (χ4v) is 3.00. The van der Waals surface area contributed by atoms with Crippen LogP contribution in [0.15, 0.2) is 48.5 Å². The zero-order chi connectivity index (χ0) is 18.7. The lowest BCUT2D eigenvalue weighted by Crippen LogP contribution is -2.25. The van der Waals surface area contributed by atoms with Crippen LogP contribution in [0.4, 0.5) is 0 Å². The van der Waals surface area contributed by atoms with Gasteiger partial charge in [0.05, 0.1) is 13.5 Å². The van der Waals surface area contributed by atoms with Crippen LogP contribution in [-0.2, 0) is 16.0 Å². The number of Topliss-reactive ketones (excluding diaryl/α,β-unsaturated/α-hetero) is 1. The molecule has 0 saturated heterocycles. The summed E-state index contributed by atoms with van der Waals surface area (Å²) in [4.78, 5) is 28.2. The van der Waals surface area contributed by atoms with Gasteiger partial charge in [0.15, 0.2) is 6.10 Å². The lowest BCUT2D eigenvalue weighted by atomic mass is 10.0. The van der Waals surface area contributed by atoms with Gasteiger partial charge in [-0.1, -0.05) is 30.3 Å². The van der Waals surface area contributed by atoms with E-state index >= 15 is 0 Å². The number of ether oxygens (including phenoxy) is 2. The number of aromatic nitrogens is 1. The maximum absolute atomic E-state index is 12.8. The van der Waals surface area contributed by atoms with Crippen molar-refractivity contribution >= 4 is 22.7 Å². The smallest absolute Gasteiger partial charge is 0.310 e. The van der Waals surface area contributed by atoms with E-state index in [1.807, 2.05) is 31.2 Å². The van der Waals surface area contributed by atoms with Gasteiger partial charge in [-0.15, -0.1) is 0 Å². The topological polar surface area (TPSA) is 68.4 Å². The highest BCUT2D eigenvalue weighted by molar-refractivity contribution is 6.11. The highest BCUT2D eigenvalue weighted by Gasteiger charge is 2.24. The molecule has 3 rings (SSSR count). The maximum Gasteiger partial charge on any atom is 0.310 e. The summed E-state index contributed by atoms with van der Waals surface area (Å²) in [6.07, 6.45) is -0.743. The molecule has 1 heterocycles. The van der Waals surface area contributed by atoms with Gasteiger partial charge in [0, 0.05) is 22.2 Å². The summed E-state index contributed by atoms with van der Waals surface area (Å²) in [5, 5.41) is 0.841. The van der Waals surface area contributed by atoms with Crippen LogP contribution >= 0.6 is 0 Å². The van der Waals surface area contributed by atoms with Crippen molar-refractivity contribution in [2.45, 2.75) is 26.4 Å². The number of carbonyl (C=O) groups is 2. The molecule has 0 unspecified atom stereocenters. The predicted molar refractivity (Wildman–Crippen MR) is 99.6 cm³/mol. The molecule has 0 bridgehead atoms. The molecule has 0 amide bonds. The number of hydrogen-bond donors (Lipinski definition) is 1. The van der Waals surface area contributed by atoms with E-state index in [1.54, 1.807) is 38.3 Å². The van der Waals surface area contributed by atoms with Crippen molar-refractivity contribution in [1.29, 1.82) is 0 Å². The number of aryl methyl sites for hydroxylation is 1. The first-order valence-corrected chi connectivity index (χ1v) is 8.43. The first kappa shape index (κ1) is 17.7. The predicted octanol–water partition coefficient (Wildman–Crippen LogP) is 3.84. The Kier molecular flexibility index (Phi) is 5.07. The third kappa shape index (κ3) is 3.61. The number of fused-ring (bicyclic) bond motifs is 1. The second kappa shape index (κ2) is 7.44. The van der Waals surface area contributed by atoms with Crippen molar-refractivity contribution in [3.63, 3.8) is 0 Å². The van der Waals surface area contributed by atoms with Crippen LogP contribution in [0.1, 0.15) is 28.5 Å². The van der Waals surface area contributed by atoms with Crippen molar-refractivity contribution in [3.8, 4) is 5.75 Å². The van der Waals surface area contributed by atoms with Crippen LogP contribution in [0.5, 0.6) is 5.75 Å². The van der Waals surface area contributed by atoms with Crippen molar-refractivity contribution < 1.29 is 19.1 Å². The van der Waals surface area contributed by atoms with Gasteiger partial charge in [0.2, 0.25) is 5.78 Å². The van der Waals surface area contributed by atoms with Crippen LogP contribution in [0.2, 0.25) is 0 Å². The van der Waals surface area contributed by atoms with Gasteiger partial charge < -0.3 is 14.5 Å². The number of H-pyrrole nitrogens is 1. The Morgan fingerprint density at radius 1 is 1.08 bits per heavy atom. The number of ketones is 1. The minimum absolute atomic E-state index is 0.106.